The van der Waals surface area contributed by atoms with Crippen LogP contribution in [0.1, 0.15) is 24.2 Å². The number of hydrogen-bond acceptors (Lipinski definition) is 2. The zero-order valence-electron chi connectivity index (χ0n) is 10.5. The highest BCUT2D eigenvalue weighted by molar-refractivity contribution is 6.33. The molecule has 1 unspecified atom stereocenters. The Hall–Kier alpha value is -1.55. The maximum atomic E-state index is 12.9. The summed E-state index contributed by atoms with van der Waals surface area (Å²) < 4.78 is 14.7. The van der Waals surface area contributed by atoms with Gasteiger partial charge in [0.05, 0.1) is 22.4 Å². The van der Waals surface area contributed by atoms with Gasteiger partial charge in [-0.2, -0.15) is 5.10 Å². The number of hydrogen-bond donors (Lipinski definition) is 1. The van der Waals surface area contributed by atoms with Crippen LogP contribution in [0.15, 0.2) is 24.4 Å². The third kappa shape index (κ3) is 2.64. The van der Waals surface area contributed by atoms with Crippen LogP contribution in [0.5, 0.6) is 0 Å². The van der Waals surface area contributed by atoms with Crippen LogP contribution >= 0.6 is 11.6 Å². The molecule has 96 valence electrons. The first kappa shape index (κ1) is 12.9. The van der Waals surface area contributed by atoms with E-state index in [4.69, 9.17) is 11.6 Å². The summed E-state index contributed by atoms with van der Waals surface area (Å²) in [5.74, 6) is -0.337. The minimum atomic E-state index is -0.337. The van der Waals surface area contributed by atoms with Crippen molar-refractivity contribution in [2.75, 3.05) is 5.32 Å². The fourth-order valence-electron chi connectivity index (χ4n) is 1.96. The zero-order valence-corrected chi connectivity index (χ0v) is 11.3. The molecular weight excluding hydrogens is 253 g/mol. The summed E-state index contributed by atoms with van der Waals surface area (Å²) in [6.45, 7) is 3.98. The van der Waals surface area contributed by atoms with Crippen molar-refractivity contribution in [3.05, 3.63) is 46.5 Å². The molecule has 0 fully saturated rings. The molecule has 0 spiro atoms. The second kappa shape index (κ2) is 4.98. The van der Waals surface area contributed by atoms with Crippen molar-refractivity contribution in [1.29, 1.82) is 0 Å². The molecule has 0 aliphatic carbocycles. The minimum absolute atomic E-state index is 0.0571. The number of nitrogens with zero attached hydrogens (tertiary/aromatic N) is 2. The topological polar surface area (TPSA) is 29.9 Å². The van der Waals surface area contributed by atoms with Gasteiger partial charge in [-0.3, -0.25) is 4.68 Å². The molecule has 1 N–H and O–H groups in total. The van der Waals surface area contributed by atoms with E-state index in [2.05, 4.69) is 10.4 Å². The highest BCUT2D eigenvalue weighted by Gasteiger charge is 2.13. The van der Waals surface area contributed by atoms with Gasteiger partial charge in [0.1, 0.15) is 5.82 Å². The van der Waals surface area contributed by atoms with Crippen LogP contribution in [0, 0.1) is 12.7 Å². The van der Waals surface area contributed by atoms with Gasteiger partial charge in [-0.05, 0) is 32.0 Å². The highest BCUT2D eigenvalue weighted by atomic mass is 35.5. The van der Waals surface area contributed by atoms with Gasteiger partial charge in [0.15, 0.2) is 0 Å². The van der Waals surface area contributed by atoms with Gasteiger partial charge in [0.25, 0.3) is 0 Å². The molecule has 5 heteroatoms. The maximum absolute atomic E-state index is 12.9. The molecule has 18 heavy (non-hydrogen) atoms. The van der Waals surface area contributed by atoms with E-state index in [1.165, 1.54) is 12.1 Å². The number of nitrogens with one attached hydrogen (secondary N) is 1. The first-order chi connectivity index (χ1) is 8.47. The molecule has 0 bridgehead atoms. The van der Waals surface area contributed by atoms with Crippen molar-refractivity contribution < 1.29 is 4.39 Å². The summed E-state index contributed by atoms with van der Waals surface area (Å²) in [6.07, 6.45) is 1.96. The molecule has 1 aromatic heterocycles. The average Bonchev–Trinajstić information content (AvgIpc) is 2.62. The Morgan fingerprint density at radius 2 is 2.17 bits per heavy atom. The van der Waals surface area contributed by atoms with E-state index >= 15 is 0 Å². The van der Waals surface area contributed by atoms with Gasteiger partial charge < -0.3 is 5.32 Å². The van der Waals surface area contributed by atoms with Crippen LogP contribution in [0.25, 0.3) is 0 Å². The second-order valence-electron chi connectivity index (χ2n) is 4.33. The molecule has 3 nitrogen and oxygen atoms in total. The predicted molar refractivity (Wildman–Crippen MR) is 71.4 cm³/mol. The van der Waals surface area contributed by atoms with Crippen LogP contribution in [-0.2, 0) is 7.05 Å². The van der Waals surface area contributed by atoms with Crippen molar-refractivity contribution >= 4 is 17.3 Å². The van der Waals surface area contributed by atoms with Crippen LogP contribution in [-0.4, -0.2) is 9.78 Å². The Kier molecular flexibility index (Phi) is 3.57. The highest BCUT2D eigenvalue weighted by Crippen LogP contribution is 2.27. The van der Waals surface area contributed by atoms with E-state index in [0.29, 0.717) is 10.7 Å². The normalized spacial score (nSPS) is 12.5. The molecule has 0 saturated heterocycles. The molecule has 0 amide bonds. The second-order valence-corrected chi connectivity index (χ2v) is 4.74. The molecule has 0 aliphatic rings. The van der Waals surface area contributed by atoms with Gasteiger partial charge in [-0.25, -0.2) is 4.39 Å². The van der Waals surface area contributed by atoms with Gasteiger partial charge in [-0.15, -0.1) is 0 Å². The Morgan fingerprint density at radius 3 is 2.72 bits per heavy atom. The molecule has 0 saturated carbocycles. The third-order valence-corrected chi connectivity index (χ3v) is 3.13. The zero-order chi connectivity index (χ0) is 13.3. The van der Waals surface area contributed by atoms with E-state index < -0.39 is 0 Å². The summed E-state index contributed by atoms with van der Waals surface area (Å²) in [5, 5.41) is 7.93. The molecule has 0 radical (unpaired) electrons. The van der Waals surface area contributed by atoms with E-state index in [9.17, 15) is 4.39 Å². The lowest BCUT2D eigenvalue weighted by Gasteiger charge is -2.15. The largest absolute Gasteiger partial charge is 0.377 e. The van der Waals surface area contributed by atoms with E-state index in [-0.39, 0.29) is 11.9 Å². The van der Waals surface area contributed by atoms with Crippen molar-refractivity contribution in [2.45, 2.75) is 19.9 Å². The fraction of sp³-hybridized carbons (Fsp3) is 0.308. The third-order valence-electron chi connectivity index (χ3n) is 2.82. The molecule has 0 aliphatic heterocycles. The number of aryl methyl sites for hydroxylation is 2. The Labute approximate surface area is 111 Å². The lowest BCUT2D eigenvalue weighted by atomic mass is 10.1. The molecule has 2 rings (SSSR count). The van der Waals surface area contributed by atoms with Crippen LogP contribution in [0.4, 0.5) is 10.1 Å². The van der Waals surface area contributed by atoms with Gasteiger partial charge in [-0.1, -0.05) is 11.6 Å². The molecule has 1 atom stereocenters. The lowest BCUT2D eigenvalue weighted by molar-refractivity contribution is 0.628. The summed E-state index contributed by atoms with van der Waals surface area (Å²) in [4.78, 5) is 0. The Morgan fingerprint density at radius 1 is 1.44 bits per heavy atom. The first-order valence-corrected chi connectivity index (χ1v) is 6.07. The van der Waals surface area contributed by atoms with Gasteiger partial charge in [0.2, 0.25) is 0 Å². The standard InChI is InChI=1S/C13H15ClFN3/c1-8(11-7-18(3)17-9(11)2)16-13-5-4-10(15)6-12(13)14/h4-8,16H,1-3H3. The summed E-state index contributed by atoms with van der Waals surface area (Å²) in [7, 11) is 1.88. The number of anilines is 1. The Bertz CT molecular complexity index is 565. The number of aromatic nitrogens is 2. The van der Waals surface area contributed by atoms with Crippen LogP contribution in [0.3, 0.4) is 0 Å². The Balaban J connectivity index is 2.21. The smallest absolute Gasteiger partial charge is 0.124 e. The van der Waals surface area contributed by atoms with E-state index in [0.717, 1.165) is 11.3 Å². The van der Waals surface area contributed by atoms with Crippen LogP contribution < -0.4 is 5.32 Å². The maximum Gasteiger partial charge on any atom is 0.124 e. The summed E-state index contributed by atoms with van der Waals surface area (Å²) in [5.41, 5.74) is 2.78. The number of benzene rings is 1. The summed E-state index contributed by atoms with van der Waals surface area (Å²) >= 11 is 5.98. The first-order valence-electron chi connectivity index (χ1n) is 5.69. The molecule has 2 aromatic rings. The lowest BCUT2D eigenvalue weighted by Crippen LogP contribution is -2.07. The van der Waals surface area contributed by atoms with Crippen molar-refractivity contribution in [1.82, 2.24) is 9.78 Å². The van der Waals surface area contributed by atoms with Crippen molar-refractivity contribution in [2.24, 2.45) is 7.05 Å². The molecule has 1 heterocycles. The fourth-order valence-corrected chi connectivity index (χ4v) is 2.18. The molecular formula is C13H15ClFN3. The van der Waals surface area contributed by atoms with E-state index in [1.54, 1.807) is 10.7 Å². The van der Waals surface area contributed by atoms with Crippen molar-refractivity contribution in [3.63, 3.8) is 0 Å². The van der Waals surface area contributed by atoms with Crippen molar-refractivity contribution in [3.8, 4) is 0 Å². The SMILES string of the molecule is Cc1nn(C)cc1C(C)Nc1ccc(F)cc1Cl. The number of rotatable bonds is 3. The number of halogens is 2. The molecule has 1 aromatic carbocycles. The minimum Gasteiger partial charge on any atom is -0.377 e. The van der Waals surface area contributed by atoms with Gasteiger partial charge >= 0.3 is 0 Å². The quantitative estimate of drug-likeness (QED) is 0.919. The summed E-state index contributed by atoms with van der Waals surface area (Å²) in [6, 6.07) is 4.38. The van der Waals surface area contributed by atoms with Gasteiger partial charge in [0, 0.05) is 18.8 Å². The predicted octanol–water partition coefficient (Wildman–Crippen LogP) is 3.69. The monoisotopic (exact) mass is 267 g/mol. The van der Waals surface area contributed by atoms with Crippen LogP contribution in [0.2, 0.25) is 5.02 Å². The van der Waals surface area contributed by atoms with E-state index in [1.807, 2.05) is 27.1 Å². The average molecular weight is 268 g/mol.